The molecule has 24 heavy (non-hydrogen) atoms. The summed E-state index contributed by atoms with van der Waals surface area (Å²) in [5.74, 6) is -0.0994. The van der Waals surface area contributed by atoms with Crippen molar-refractivity contribution in [3.8, 4) is 0 Å². The van der Waals surface area contributed by atoms with E-state index in [-0.39, 0.29) is 11.9 Å². The second-order valence-electron chi connectivity index (χ2n) is 5.94. The van der Waals surface area contributed by atoms with Crippen LogP contribution < -0.4 is 5.32 Å². The molecule has 0 saturated heterocycles. The first-order valence-electron chi connectivity index (χ1n) is 8.13. The highest BCUT2D eigenvalue weighted by atomic mass is 32.1. The summed E-state index contributed by atoms with van der Waals surface area (Å²) >= 11 is 1.58. The molecule has 0 radical (unpaired) electrons. The SMILES string of the molecule is CCc1ccc([C@H](CNC(=O)/C=C/c2csc(C)n2)N(C)C)cc1. The molecule has 0 aliphatic carbocycles. The first-order valence-corrected chi connectivity index (χ1v) is 9.01. The number of hydrogen-bond donors (Lipinski definition) is 1. The number of hydrogen-bond acceptors (Lipinski definition) is 4. The minimum absolute atomic E-state index is 0.0994. The predicted octanol–water partition coefficient (Wildman–Crippen LogP) is 3.45. The van der Waals surface area contributed by atoms with Crippen LogP contribution in [0.1, 0.15) is 34.8 Å². The van der Waals surface area contributed by atoms with E-state index in [0.717, 1.165) is 17.1 Å². The summed E-state index contributed by atoms with van der Waals surface area (Å²) in [5, 5.41) is 5.92. The lowest BCUT2D eigenvalue weighted by atomic mass is 10.0. The van der Waals surface area contributed by atoms with Gasteiger partial charge >= 0.3 is 0 Å². The molecule has 1 aromatic carbocycles. The Morgan fingerprint density at radius 3 is 2.58 bits per heavy atom. The Hall–Kier alpha value is -1.98. The lowest BCUT2D eigenvalue weighted by molar-refractivity contribution is -0.116. The molecule has 0 aliphatic rings. The number of aromatic nitrogens is 1. The summed E-state index contributed by atoms with van der Waals surface area (Å²) in [4.78, 5) is 18.5. The van der Waals surface area contributed by atoms with Gasteiger partial charge in [-0.05, 0) is 44.6 Å². The zero-order valence-corrected chi connectivity index (χ0v) is 15.6. The van der Waals surface area contributed by atoms with E-state index in [2.05, 4.69) is 46.4 Å². The van der Waals surface area contributed by atoms with Crippen LogP contribution in [0, 0.1) is 6.92 Å². The molecule has 0 aliphatic heterocycles. The molecule has 5 heteroatoms. The van der Waals surface area contributed by atoms with Gasteiger partial charge in [0.15, 0.2) is 0 Å². The maximum atomic E-state index is 12.0. The number of likely N-dealkylation sites (N-methyl/N-ethyl adjacent to an activating group) is 1. The summed E-state index contributed by atoms with van der Waals surface area (Å²) in [7, 11) is 4.05. The van der Waals surface area contributed by atoms with Crippen LogP contribution in [-0.2, 0) is 11.2 Å². The number of benzene rings is 1. The molecule has 4 nitrogen and oxygen atoms in total. The lowest BCUT2D eigenvalue weighted by Crippen LogP contribution is -2.33. The molecule has 0 saturated carbocycles. The maximum absolute atomic E-state index is 12.0. The Balaban J connectivity index is 1.95. The zero-order valence-electron chi connectivity index (χ0n) is 14.7. The average Bonchev–Trinajstić information content (AvgIpc) is 2.99. The van der Waals surface area contributed by atoms with Crippen LogP contribution in [0.15, 0.2) is 35.7 Å². The van der Waals surface area contributed by atoms with Gasteiger partial charge in [-0.1, -0.05) is 31.2 Å². The molecular formula is C19H25N3OS. The van der Waals surface area contributed by atoms with Crippen LogP contribution in [0.2, 0.25) is 0 Å². The average molecular weight is 343 g/mol. The smallest absolute Gasteiger partial charge is 0.244 e. The fraction of sp³-hybridized carbons (Fsp3) is 0.368. The Morgan fingerprint density at radius 2 is 2.04 bits per heavy atom. The molecule has 0 bridgehead atoms. The van der Waals surface area contributed by atoms with Gasteiger partial charge in [0.25, 0.3) is 0 Å². The number of rotatable bonds is 7. The van der Waals surface area contributed by atoms with Crippen LogP contribution in [0.25, 0.3) is 6.08 Å². The number of amides is 1. The van der Waals surface area contributed by atoms with E-state index < -0.39 is 0 Å². The van der Waals surface area contributed by atoms with E-state index in [9.17, 15) is 4.79 Å². The van der Waals surface area contributed by atoms with E-state index in [0.29, 0.717) is 6.54 Å². The van der Waals surface area contributed by atoms with Gasteiger partial charge in [-0.15, -0.1) is 11.3 Å². The first kappa shape index (κ1) is 18.4. The van der Waals surface area contributed by atoms with E-state index in [4.69, 9.17) is 0 Å². The second-order valence-corrected chi connectivity index (χ2v) is 7.01. The van der Waals surface area contributed by atoms with Gasteiger partial charge in [-0.25, -0.2) is 4.98 Å². The molecular weight excluding hydrogens is 318 g/mol. The lowest BCUT2D eigenvalue weighted by Gasteiger charge is -2.25. The number of aryl methyl sites for hydroxylation is 2. The quantitative estimate of drug-likeness (QED) is 0.783. The normalized spacial score (nSPS) is 12.7. The molecule has 1 atom stereocenters. The van der Waals surface area contributed by atoms with Crippen molar-refractivity contribution in [3.63, 3.8) is 0 Å². The summed E-state index contributed by atoms with van der Waals surface area (Å²) in [5.41, 5.74) is 3.35. The Labute approximate surface area is 148 Å². The van der Waals surface area contributed by atoms with Gasteiger partial charge in [0.1, 0.15) is 0 Å². The van der Waals surface area contributed by atoms with Crippen molar-refractivity contribution in [2.24, 2.45) is 0 Å². The largest absolute Gasteiger partial charge is 0.351 e. The van der Waals surface area contributed by atoms with Gasteiger partial charge < -0.3 is 10.2 Å². The Bertz CT molecular complexity index is 689. The van der Waals surface area contributed by atoms with Crippen LogP contribution in [0.5, 0.6) is 0 Å². The van der Waals surface area contributed by atoms with Gasteiger partial charge in [0.2, 0.25) is 5.91 Å². The summed E-state index contributed by atoms with van der Waals surface area (Å²) in [6.45, 7) is 4.67. The topological polar surface area (TPSA) is 45.2 Å². The number of carbonyl (C=O) groups is 1. The summed E-state index contributed by atoms with van der Waals surface area (Å²) in [6, 6.07) is 8.73. The van der Waals surface area contributed by atoms with Crippen LogP contribution in [-0.4, -0.2) is 36.4 Å². The minimum atomic E-state index is -0.0994. The highest BCUT2D eigenvalue weighted by molar-refractivity contribution is 7.09. The zero-order chi connectivity index (χ0) is 17.5. The fourth-order valence-corrected chi connectivity index (χ4v) is 3.03. The molecule has 0 unspecified atom stereocenters. The number of nitrogens with zero attached hydrogens (tertiary/aromatic N) is 2. The standard InChI is InChI=1S/C19H25N3OS/c1-5-15-6-8-16(9-7-15)18(22(3)4)12-20-19(23)11-10-17-13-24-14(2)21-17/h6-11,13,18H,5,12H2,1-4H3,(H,20,23)/b11-10+/t18-/m0/s1. The highest BCUT2D eigenvalue weighted by Crippen LogP contribution is 2.18. The molecule has 0 fully saturated rings. The fourth-order valence-electron chi connectivity index (χ4n) is 2.45. The highest BCUT2D eigenvalue weighted by Gasteiger charge is 2.14. The van der Waals surface area contributed by atoms with E-state index in [1.165, 1.54) is 11.1 Å². The predicted molar refractivity (Wildman–Crippen MR) is 101 cm³/mol. The maximum Gasteiger partial charge on any atom is 0.244 e. The van der Waals surface area contributed by atoms with Gasteiger partial charge in [-0.3, -0.25) is 4.79 Å². The van der Waals surface area contributed by atoms with Gasteiger partial charge in [0, 0.05) is 18.0 Å². The third-order valence-electron chi connectivity index (χ3n) is 3.91. The van der Waals surface area contributed by atoms with Crippen molar-refractivity contribution in [1.29, 1.82) is 0 Å². The van der Waals surface area contributed by atoms with E-state index >= 15 is 0 Å². The van der Waals surface area contributed by atoms with Gasteiger partial charge in [0.05, 0.1) is 16.7 Å². The number of thiazole rings is 1. The summed E-state index contributed by atoms with van der Waals surface area (Å²) < 4.78 is 0. The monoisotopic (exact) mass is 343 g/mol. The number of nitrogens with one attached hydrogen (secondary N) is 1. The van der Waals surface area contributed by atoms with Crippen molar-refractivity contribution in [1.82, 2.24) is 15.2 Å². The minimum Gasteiger partial charge on any atom is -0.351 e. The molecule has 2 aromatic rings. The molecule has 1 N–H and O–H groups in total. The molecule has 1 heterocycles. The van der Waals surface area contributed by atoms with Crippen molar-refractivity contribution in [2.75, 3.05) is 20.6 Å². The van der Waals surface area contributed by atoms with Crippen molar-refractivity contribution < 1.29 is 4.79 Å². The third kappa shape index (κ3) is 5.28. The van der Waals surface area contributed by atoms with Crippen LogP contribution in [0.4, 0.5) is 0 Å². The van der Waals surface area contributed by atoms with Crippen molar-refractivity contribution in [2.45, 2.75) is 26.3 Å². The van der Waals surface area contributed by atoms with E-state index in [1.807, 2.05) is 26.4 Å². The molecule has 0 spiro atoms. The Kier molecular flexibility index (Phi) is 6.70. The van der Waals surface area contributed by atoms with Crippen LogP contribution >= 0.6 is 11.3 Å². The molecule has 1 amide bonds. The molecule has 2 rings (SSSR count). The molecule has 1 aromatic heterocycles. The number of carbonyl (C=O) groups excluding carboxylic acids is 1. The first-order chi connectivity index (χ1) is 11.5. The summed E-state index contributed by atoms with van der Waals surface area (Å²) in [6.07, 6.45) is 4.32. The van der Waals surface area contributed by atoms with Crippen molar-refractivity contribution in [3.05, 3.63) is 57.6 Å². The van der Waals surface area contributed by atoms with Crippen molar-refractivity contribution >= 4 is 23.3 Å². The second kappa shape index (κ2) is 8.76. The Morgan fingerprint density at radius 1 is 1.33 bits per heavy atom. The molecule has 128 valence electrons. The van der Waals surface area contributed by atoms with E-state index in [1.54, 1.807) is 23.5 Å². The van der Waals surface area contributed by atoms with Crippen LogP contribution in [0.3, 0.4) is 0 Å². The third-order valence-corrected chi connectivity index (χ3v) is 4.70. The van der Waals surface area contributed by atoms with Gasteiger partial charge in [-0.2, -0.15) is 0 Å².